The molecule has 0 heterocycles. The summed E-state index contributed by atoms with van der Waals surface area (Å²) in [7, 11) is 0. The standard InChI is InChI=1S/C14H12ClFN2/c15-14(12-6-8-13(16)9-7-12)18-17-10-11-4-2-1-3-5-11/h1-9,17H,10H2/b18-14-. The molecule has 92 valence electrons. The van der Waals surface area contributed by atoms with E-state index in [1.54, 1.807) is 12.1 Å². The van der Waals surface area contributed by atoms with E-state index >= 15 is 0 Å². The molecule has 0 aliphatic heterocycles. The van der Waals surface area contributed by atoms with Gasteiger partial charge in [0, 0.05) is 5.56 Å². The second kappa shape index (κ2) is 6.17. The van der Waals surface area contributed by atoms with Gasteiger partial charge >= 0.3 is 0 Å². The van der Waals surface area contributed by atoms with Crippen molar-refractivity contribution in [1.29, 1.82) is 0 Å². The largest absolute Gasteiger partial charge is 0.304 e. The average molecular weight is 263 g/mol. The first-order chi connectivity index (χ1) is 8.75. The zero-order valence-corrected chi connectivity index (χ0v) is 10.4. The third-order valence-electron chi connectivity index (χ3n) is 2.39. The molecule has 18 heavy (non-hydrogen) atoms. The van der Waals surface area contributed by atoms with Crippen molar-refractivity contribution < 1.29 is 4.39 Å². The lowest BCUT2D eigenvalue weighted by Gasteiger charge is -2.02. The van der Waals surface area contributed by atoms with Crippen LogP contribution in [0, 0.1) is 5.82 Å². The number of hydrogen-bond acceptors (Lipinski definition) is 2. The lowest BCUT2D eigenvalue weighted by atomic mass is 10.2. The summed E-state index contributed by atoms with van der Waals surface area (Å²) < 4.78 is 12.7. The lowest BCUT2D eigenvalue weighted by molar-refractivity contribution is 0.628. The van der Waals surface area contributed by atoms with Crippen molar-refractivity contribution in [2.75, 3.05) is 0 Å². The quantitative estimate of drug-likeness (QED) is 0.662. The molecule has 0 radical (unpaired) electrons. The Kier molecular flexibility index (Phi) is 4.31. The smallest absolute Gasteiger partial charge is 0.156 e. The van der Waals surface area contributed by atoms with Crippen LogP contribution < -0.4 is 5.43 Å². The van der Waals surface area contributed by atoms with Gasteiger partial charge in [0.05, 0.1) is 6.54 Å². The molecule has 0 bridgehead atoms. The predicted molar refractivity (Wildman–Crippen MR) is 72.1 cm³/mol. The fraction of sp³-hybridized carbons (Fsp3) is 0.0714. The average Bonchev–Trinajstić information content (AvgIpc) is 2.40. The molecule has 0 aromatic heterocycles. The molecule has 0 amide bonds. The Labute approximate surface area is 110 Å². The minimum absolute atomic E-state index is 0.291. The van der Waals surface area contributed by atoms with Crippen molar-refractivity contribution in [3.63, 3.8) is 0 Å². The molecule has 0 unspecified atom stereocenters. The zero-order valence-electron chi connectivity index (χ0n) is 9.61. The third kappa shape index (κ3) is 3.57. The van der Waals surface area contributed by atoms with Crippen LogP contribution in [0.1, 0.15) is 11.1 Å². The molecule has 0 fully saturated rings. The summed E-state index contributed by atoms with van der Waals surface area (Å²) in [5, 5.41) is 4.34. The summed E-state index contributed by atoms with van der Waals surface area (Å²) in [6.07, 6.45) is 0. The highest BCUT2D eigenvalue weighted by atomic mass is 35.5. The highest BCUT2D eigenvalue weighted by molar-refractivity contribution is 6.69. The van der Waals surface area contributed by atoms with E-state index < -0.39 is 0 Å². The molecule has 0 aliphatic carbocycles. The number of hydrogen-bond donors (Lipinski definition) is 1. The number of nitrogens with one attached hydrogen (secondary N) is 1. The van der Waals surface area contributed by atoms with E-state index in [1.165, 1.54) is 12.1 Å². The first kappa shape index (κ1) is 12.6. The van der Waals surface area contributed by atoms with Gasteiger partial charge in [-0.1, -0.05) is 41.9 Å². The van der Waals surface area contributed by atoms with E-state index in [9.17, 15) is 4.39 Å². The zero-order chi connectivity index (χ0) is 12.8. The summed E-state index contributed by atoms with van der Waals surface area (Å²) in [6, 6.07) is 15.7. The lowest BCUT2D eigenvalue weighted by Crippen LogP contribution is -2.08. The van der Waals surface area contributed by atoms with Gasteiger partial charge < -0.3 is 5.43 Å². The highest BCUT2D eigenvalue weighted by Gasteiger charge is 1.99. The second-order valence-corrected chi connectivity index (χ2v) is 4.09. The molecule has 2 nitrogen and oxygen atoms in total. The van der Waals surface area contributed by atoms with Crippen LogP contribution in [0.25, 0.3) is 0 Å². The van der Waals surface area contributed by atoms with E-state index in [1.807, 2.05) is 30.3 Å². The van der Waals surface area contributed by atoms with E-state index in [0.717, 1.165) is 5.56 Å². The van der Waals surface area contributed by atoms with Crippen molar-refractivity contribution >= 4 is 16.8 Å². The van der Waals surface area contributed by atoms with Crippen molar-refractivity contribution in [3.8, 4) is 0 Å². The summed E-state index contributed by atoms with van der Waals surface area (Å²) in [6.45, 7) is 0.595. The molecule has 2 aromatic carbocycles. The Hall–Kier alpha value is -1.87. The Morgan fingerprint density at radius 3 is 2.39 bits per heavy atom. The van der Waals surface area contributed by atoms with Crippen LogP contribution in [0.5, 0.6) is 0 Å². The molecule has 0 atom stereocenters. The molecule has 1 N–H and O–H groups in total. The number of hydrazone groups is 1. The fourth-order valence-electron chi connectivity index (χ4n) is 1.45. The van der Waals surface area contributed by atoms with Crippen LogP contribution in [0.15, 0.2) is 59.7 Å². The van der Waals surface area contributed by atoms with Gasteiger partial charge in [-0.15, -0.1) is 0 Å². The van der Waals surface area contributed by atoms with Crippen LogP contribution in [0.2, 0.25) is 0 Å². The van der Waals surface area contributed by atoms with Gasteiger partial charge in [-0.2, -0.15) is 5.10 Å². The summed E-state index contributed by atoms with van der Waals surface area (Å²) in [5.74, 6) is -0.291. The normalized spacial score (nSPS) is 11.3. The van der Waals surface area contributed by atoms with Crippen LogP contribution in [0.3, 0.4) is 0 Å². The molecule has 0 aliphatic rings. The molecule has 2 rings (SSSR count). The molecule has 4 heteroatoms. The Balaban J connectivity index is 1.95. The predicted octanol–water partition coefficient (Wildman–Crippen LogP) is 3.52. The summed E-state index contributed by atoms with van der Waals surface area (Å²) in [4.78, 5) is 0. The van der Waals surface area contributed by atoms with Crippen molar-refractivity contribution in [2.24, 2.45) is 5.10 Å². The maximum absolute atomic E-state index is 12.7. The van der Waals surface area contributed by atoms with E-state index in [0.29, 0.717) is 17.3 Å². The number of benzene rings is 2. The minimum Gasteiger partial charge on any atom is -0.304 e. The molecular weight excluding hydrogens is 251 g/mol. The van der Waals surface area contributed by atoms with Gasteiger partial charge in [0.25, 0.3) is 0 Å². The molecular formula is C14H12ClFN2. The van der Waals surface area contributed by atoms with Crippen LogP contribution in [-0.4, -0.2) is 5.17 Å². The second-order valence-electron chi connectivity index (χ2n) is 3.73. The maximum atomic E-state index is 12.7. The Morgan fingerprint density at radius 1 is 1.06 bits per heavy atom. The van der Waals surface area contributed by atoms with Gasteiger partial charge in [0.2, 0.25) is 0 Å². The van der Waals surface area contributed by atoms with E-state index in [-0.39, 0.29) is 5.82 Å². The summed E-state index contributed by atoms with van der Waals surface area (Å²) >= 11 is 5.99. The number of halogens is 2. The van der Waals surface area contributed by atoms with Gasteiger partial charge in [0.1, 0.15) is 5.82 Å². The van der Waals surface area contributed by atoms with Crippen LogP contribution >= 0.6 is 11.6 Å². The van der Waals surface area contributed by atoms with Crippen molar-refractivity contribution in [1.82, 2.24) is 5.43 Å². The molecule has 0 spiro atoms. The van der Waals surface area contributed by atoms with E-state index in [2.05, 4.69) is 10.5 Å². The van der Waals surface area contributed by atoms with Gasteiger partial charge in [-0.3, -0.25) is 0 Å². The van der Waals surface area contributed by atoms with Crippen molar-refractivity contribution in [3.05, 3.63) is 71.5 Å². The first-order valence-electron chi connectivity index (χ1n) is 5.51. The minimum atomic E-state index is -0.291. The number of rotatable bonds is 4. The molecule has 0 saturated heterocycles. The molecule has 2 aromatic rings. The van der Waals surface area contributed by atoms with Gasteiger partial charge in [0.15, 0.2) is 5.17 Å². The van der Waals surface area contributed by atoms with Gasteiger partial charge in [-0.05, 0) is 29.8 Å². The van der Waals surface area contributed by atoms with Crippen molar-refractivity contribution in [2.45, 2.75) is 6.54 Å². The maximum Gasteiger partial charge on any atom is 0.156 e. The van der Waals surface area contributed by atoms with Crippen LogP contribution in [-0.2, 0) is 6.54 Å². The SMILES string of the molecule is Fc1ccc(/C(Cl)=N/NCc2ccccc2)cc1. The number of nitrogens with zero attached hydrogens (tertiary/aromatic N) is 1. The highest BCUT2D eigenvalue weighted by Crippen LogP contribution is 2.07. The Bertz CT molecular complexity index is 523. The monoisotopic (exact) mass is 262 g/mol. The summed E-state index contributed by atoms with van der Waals surface area (Å²) in [5.41, 5.74) is 4.67. The topological polar surface area (TPSA) is 24.4 Å². The van der Waals surface area contributed by atoms with Gasteiger partial charge in [-0.25, -0.2) is 4.39 Å². The molecule has 0 saturated carbocycles. The van der Waals surface area contributed by atoms with E-state index in [4.69, 9.17) is 11.6 Å². The first-order valence-corrected chi connectivity index (χ1v) is 5.89. The Morgan fingerprint density at radius 2 is 1.72 bits per heavy atom. The van der Waals surface area contributed by atoms with Crippen LogP contribution in [0.4, 0.5) is 4.39 Å². The fourth-order valence-corrected chi connectivity index (χ4v) is 1.63. The third-order valence-corrected chi connectivity index (χ3v) is 2.69.